The Kier molecular flexibility index (Phi) is 8.36. The van der Waals surface area contributed by atoms with Crippen molar-refractivity contribution in [2.24, 2.45) is 5.10 Å². The third-order valence-corrected chi connectivity index (χ3v) is 5.81. The quantitative estimate of drug-likeness (QED) is 0.220. The van der Waals surface area contributed by atoms with E-state index in [0.717, 1.165) is 24.0 Å². The van der Waals surface area contributed by atoms with Crippen LogP contribution in [-0.2, 0) is 17.8 Å². The van der Waals surface area contributed by atoms with Crippen LogP contribution in [0.1, 0.15) is 22.3 Å². The molecular formula is C23H16FI2N3O2. The molecule has 156 valence electrons. The number of nitrogens with one attached hydrogen (secondary N) is 1. The van der Waals surface area contributed by atoms with Gasteiger partial charge in [0.05, 0.1) is 31.4 Å². The number of amides is 1. The van der Waals surface area contributed by atoms with Crippen LogP contribution in [0.4, 0.5) is 4.39 Å². The minimum Gasteiger partial charge on any atom is -0.487 e. The van der Waals surface area contributed by atoms with Gasteiger partial charge in [0.25, 0.3) is 0 Å². The summed E-state index contributed by atoms with van der Waals surface area (Å²) in [5.41, 5.74) is 5.40. The molecule has 0 saturated carbocycles. The van der Waals surface area contributed by atoms with Crippen molar-refractivity contribution in [3.05, 3.63) is 95.9 Å². The first-order valence-corrected chi connectivity index (χ1v) is 11.3. The van der Waals surface area contributed by atoms with Crippen LogP contribution in [-0.4, -0.2) is 12.1 Å². The smallest absolute Gasteiger partial charge is 0.244 e. The summed E-state index contributed by atoms with van der Waals surface area (Å²) in [4.78, 5) is 12.0. The lowest BCUT2D eigenvalue weighted by molar-refractivity contribution is -0.120. The van der Waals surface area contributed by atoms with E-state index in [-0.39, 0.29) is 18.1 Å². The summed E-state index contributed by atoms with van der Waals surface area (Å²) in [6.45, 7) is 0.294. The fraction of sp³-hybridized carbons (Fsp3) is 0.0870. The number of rotatable bonds is 7. The van der Waals surface area contributed by atoms with E-state index in [1.807, 2.05) is 30.3 Å². The first-order chi connectivity index (χ1) is 15.0. The molecular weight excluding hydrogens is 623 g/mol. The molecule has 0 aliphatic carbocycles. The Bertz CT molecular complexity index is 1140. The number of carbonyl (C=O) groups excluding carboxylic acids is 1. The summed E-state index contributed by atoms with van der Waals surface area (Å²) >= 11 is 4.36. The second-order valence-corrected chi connectivity index (χ2v) is 8.79. The molecule has 0 saturated heterocycles. The molecule has 1 N–H and O–H groups in total. The fourth-order valence-corrected chi connectivity index (χ4v) is 4.83. The highest BCUT2D eigenvalue weighted by molar-refractivity contribution is 14.1. The van der Waals surface area contributed by atoms with Crippen molar-refractivity contribution < 1.29 is 13.9 Å². The molecule has 0 aromatic heterocycles. The van der Waals surface area contributed by atoms with Gasteiger partial charge in [-0.1, -0.05) is 30.3 Å². The molecule has 0 heterocycles. The lowest BCUT2D eigenvalue weighted by Gasteiger charge is -2.12. The maximum atomic E-state index is 12.9. The van der Waals surface area contributed by atoms with E-state index >= 15 is 0 Å². The molecule has 0 fully saturated rings. The zero-order chi connectivity index (χ0) is 22.2. The SMILES string of the molecule is N#Cc1ccccc1COc1c(I)cc(/C=N/NC(=O)Cc2ccc(F)cc2)cc1I. The molecule has 0 bridgehead atoms. The predicted molar refractivity (Wildman–Crippen MR) is 133 cm³/mol. The van der Waals surface area contributed by atoms with Gasteiger partial charge in [0.1, 0.15) is 18.2 Å². The topological polar surface area (TPSA) is 74.5 Å². The third-order valence-electron chi connectivity index (χ3n) is 4.21. The molecule has 0 aliphatic rings. The lowest BCUT2D eigenvalue weighted by atomic mass is 10.1. The van der Waals surface area contributed by atoms with Gasteiger partial charge >= 0.3 is 0 Å². The summed E-state index contributed by atoms with van der Waals surface area (Å²) in [5, 5.41) is 13.2. The van der Waals surface area contributed by atoms with Gasteiger partial charge in [-0.05, 0) is 86.6 Å². The van der Waals surface area contributed by atoms with Crippen molar-refractivity contribution in [2.75, 3.05) is 0 Å². The van der Waals surface area contributed by atoms with Crippen LogP contribution in [0, 0.1) is 24.3 Å². The Morgan fingerprint density at radius 2 is 1.81 bits per heavy atom. The van der Waals surface area contributed by atoms with Crippen molar-refractivity contribution in [3.63, 3.8) is 0 Å². The van der Waals surface area contributed by atoms with Crippen LogP contribution in [0.3, 0.4) is 0 Å². The van der Waals surface area contributed by atoms with Crippen molar-refractivity contribution in [3.8, 4) is 11.8 Å². The van der Waals surface area contributed by atoms with Crippen LogP contribution in [0.2, 0.25) is 0 Å². The highest BCUT2D eigenvalue weighted by Gasteiger charge is 2.10. The van der Waals surface area contributed by atoms with Crippen molar-refractivity contribution in [2.45, 2.75) is 13.0 Å². The second-order valence-electron chi connectivity index (χ2n) is 6.47. The summed E-state index contributed by atoms with van der Waals surface area (Å²) in [6, 6.07) is 19.0. The van der Waals surface area contributed by atoms with Crippen LogP contribution >= 0.6 is 45.2 Å². The van der Waals surface area contributed by atoms with E-state index in [9.17, 15) is 14.4 Å². The Morgan fingerprint density at radius 1 is 1.13 bits per heavy atom. The number of carbonyl (C=O) groups is 1. The van der Waals surface area contributed by atoms with E-state index in [4.69, 9.17) is 4.74 Å². The van der Waals surface area contributed by atoms with Crippen molar-refractivity contribution in [1.82, 2.24) is 5.43 Å². The highest BCUT2D eigenvalue weighted by atomic mass is 127. The summed E-state index contributed by atoms with van der Waals surface area (Å²) < 4.78 is 20.7. The molecule has 0 spiro atoms. The molecule has 0 radical (unpaired) electrons. The van der Waals surface area contributed by atoms with E-state index in [1.54, 1.807) is 24.4 Å². The first-order valence-electron chi connectivity index (χ1n) is 9.12. The van der Waals surface area contributed by atoms with Gasteiger partial charge in [-0.3, -0.25) is 4.79 Å². The number of nitrogens with zero attached hydrogens (tertiary/aromatic N) is 2. The molecule has 1 amide bonds. The predicted octanol–water partition coefficient (Wildman–Crippen LogP) is 5.18. The van der Waals surface area contributed by atoms with E-state index in [2.05, 4.69) is 61.8 Å². The Balaban J connectivity index is 1.61. The summed E-state index contributed by atoms with van der Waals surface area (Å²) in [5.74, 6) is 0.0999. The summed E-state index contributed by atoms with van der Waals surface area (Å²) in [6.07, 6.45) is 1.67. The van der Waals surface area contributed by atoms with Gasteiger partial charge in [-0.2, -0.15) is 10.4 Å². The van der Waals surface area contributed by atoms with Crippen molar-refractivity contribution >= 4 is 57.3 Å². The summed E-state index contributed by atoms with van der Waals surface area (Å²) in [7, 11) is 0. The normalized spacial score (nSPS) is 10.6. The Hall–Kier alpha value is -2.52. The minimum atomic E-state index is -0.340. The third kappa shape index (κ3) is 6.73. The molecule has 8 heteroatoms. The monoisotopic (exact) mass is 639 g/mol. The van der Waals surface area contributed by atoms with Crippen LogP contribution < -0.4 is 10.2 Å². The number of nitriles is 1. The van der Waals surface area contributed by atoms with Crippen LogP contribution in [0.25, 0.3) is 0 Å². The van der Waals surface area contributed by atoms with Crippen molar-refractivity contribution in [1.29, 1.82) is 5.26 Å². The number of benzene rings is 3. The average Bonchev–Trinajstić information content (AvgIpc) is 2.75. The largest absolute Gasteiger partial charge is 0.487 e. The van der Waals surface area contributed by atoms with E-state index in [1.165, 1.54) is 12.1 Å². The van der Waals surface area contributed by atoms with Gasteiger partial charge in [-0.25, -0.2) is 9.82 Å². The molecule has 3 rings (SSSR count). The number of ether oxygens (including phenoxy) is 1. The average molecular weight is 639 g/mol. The molecule has 3 aromatic rings. The zero-order valence-corrected chi connectivity index (χ0v) is 20.4. The molecule has 31 heavy (non-hydrogen) atoms. The number of hydrogen-bond donors (Lipinski definition) is 1. The maximum Gasteiger partial charge on any atom is 0.244 e. The first kappa shape index (κ1) is 23.1. The van der Waals surface area contributed by atoms with Gasteiger partial charge in [0.15, 0.2) is 0 Å². The van der Waals surface area contributed by atoms with Gasteiger partial charge in [0.2, 0.25) is 5.91 Å². The fourth-order valence-electron chi connectivity index (χ4n) is 2.70. The maximum absolute atomic E-state index is 12.9. The molecule has 0 unspecified atom stereocenters. The Morgan fingerprint density at radius 3 is 2.48 bits per heavy atom. The number of hydrogen-bond acceptors (Lipinski definition) is 4. The number of hydrazone groups is 1. The minimum absolute atomic E-state index is 0.115. The van der Waals surface area contributed by atoms with Gasteiger partial charge < -0.3 is 4.74 Å². The highest BCUT2D eigenvalue weighted by Crippen LogP contribution is 2.29. The number of halogens is 3. The van der Waals surface area contributed by atoms with Gasteiger partial charge in [0, 0.05) is 5.56 Å². The van der Waals surface area contributed by atoms with Crippen LogP contribution in [0.15, 0.2) is 65.8 Å². The molecule has 0 aliphatic heterocycles. The molecule has 3 aromatic carbocycles. The van der Waals surface area contributed by atoms with Crippen LogP contribution in [0.5, 0.6) is 5.75 Å². The zero-order valence-electron chi connectivity index (χ0n) is 16.1. The van der Waals surface area contributed by atoms with Gasteiger partial charge in [-0.15, -0.1) is 0 Å². The standard InChI is InChI=1S/C23H16FI2N3O2/c24-19-7-5-15(6-8-19)11-22(30)29-28-13-16-9-20(25)23(21(26)10-16)31-14-18-4-2-1-3-17(18)12-27/h1-10,13H,11,14H2,(H,29,30)/b28-13+. The lowest BCUT2D eigenvalue weighted by Crippen LogP contribution is -2.19. The molecule has 0 atom stereocenters. The van der Waals surface area contributed by atoms with E-state index < -0.39 is 0 Å². The molecule has 5 nitrogen and oxygen atoms in total. The second kappa shape index (κ2) is 11.2. The Labute approximate surface area is 206 Å². The van der Waals surface area contributed by atoms with E-state index in [0.29, 0.717) is 17.7 Å².